The molecule has 7 nitrogen and oxygen atoms in total. The minimum absolute atomic E-state index is 0.0570. The summed E-state index contributed by atoms with van der Waals surface area (Å²) >= 11 is 0. The molecule has 1 aliphatic heterocycles. The molecule has 0 spiro atoms. The SMILES string of the molecule is CN1CCN(C(=O)C(=O)Nc2cc(C#N)ccc2O)CC1. The van der Waals surface area contributed by atoms with E-state index in [-0.39, 0.29) is 17.0 Å². The highest BCUT2D eigenvalue weighted by molar-refractivity contribution is 6.39. The summed E-state index contributed by atoms with van der Waals surface area (Å²) in [5, 5.41) is 20.8. The standard InChI is InChI=1S/C14H16N4O3/c1-17-4-6-18(7-5-17)14(21)13(20)16-11-8-10(9-15)2-3-12(11)19/h2-3,8,19H,4-7H2,1H3,(H,16,20). The van der Waals surface area contributed by atoms with Crippen LogP contribution in [0.2, 0.25) is 0 Å². The van der Waals surface area contributed by atoms with Crippen molar-refractivity contribution < 1.29 is 14.7 Å². The van der Waals surface area contributed by atoms with E-state index in [9.17, 15) is 14.7 Å². The van der Waals surface area contributed by atoms with Crippen LogP contribution in [-0.4, -0.2) is 59.9 Å². The predicted octanol–water partition coefficient (Wildman–Crippen LogP) is -0.0236. The topological polar surface area (TPSA) is 96.7 Å². The first-order chi connectivity index (χ1) is 10.0. The molecule has 0 saturated carbocycles. The van der Waals surface area contributed by atoms with Gasteiger partial charge in [-0.05, 0) is 25.2 Å². The molecular weight excluding hydrogens is 272 g/mol. The first-order valence-electron chi connectivity index (χ1n) is 6.53. The summed E-state index contributed by atoms with van der Waals surface area (Å²) < 4.78 is 0. The number of nitriles is 1. The monoisotopic (exact) mass is 288 g/mol. The van der Waals surface area contributed by atoms with E-state index in [1.165, 1.54) is 23.1 Å². The number of carbonyl (C=O) groups is 2. The van der Waals surface area contributed by atoms with E-state index in [0.29, 0.717) is 26.2 Å². The normalized spacial score (nSPS) is 15.3. The van der Waals surface area contributed by atoms with Gasteiger partial charge in [-0.25, -0.2) is 0 Å². The van der Waals surface area contributed by atoms with E-state index >= 15 is 0 Å². The van der Waals surface area contributed by atoms with Gasteiger partial charge in [-0.2, -0.15) is 5.26 Å². The maximum atomic E-state index is 12.0. The molecule has 7 heteroatoms. The number of aromatic hydroxyl groups is 1. The molecule has 0 radical (unpaired) electrons. The molecule has 2 amide bonds. The lowest BCUT2D eigenvalue weighted by Gasteiger charge is -2.31. The molecule has 1 fully saturated rings. The third-order valence-corrected chi connectivity index (χ3v) is 3.36. The Morgan fingerprint density at radius 3 is 2.57 bits per heavy atom. The summed E-state index contributed by atoms with van der Waals surface area (Å²) in [5.41, 5.74) is 0.344. The average Bonchev–Trinajstić information content (AvgIpc) is 2.49. The molecule has 1 aromatic rings. The van der Waals surface area contributed by atoms with Crippen molar-refractivity contribution in [1.29, 1.82) is 5.26 Å². The quantitative estimate of drug-likeness (QED) is 0.559. The summed E-state index contributed by atoms with van der Waals surface area (Å²) in [6.45, 7) is 2.42. The number of hydrogen-bond acceptors (Lipinski definition) is 5. The fourth-order valence-electron chi connectivity index (χ4n) is 2.03. The summed E-state index contributed by atoms with van der Waals surface area (Å²) in [4.78, 5) is 27.5. The van der Waals surface area contributed by atoms with E-state index in [0.717, 1.165) is 0 Å². The van der Waals surface area contributed by atoms with Gasteiger partial charge in [0.2, 0.25) is 0 Å². The van der Waals surface area contributed by atoms with Gasteiger partial charge in [0.1, 0.15) is 5.75 Å². The van der Waals surface area contributed by atoms with Gasteiger partial charge in [-0.3, -0.25) is 9.59 Å². The van der Waals surface area contributed by atoms with Crippen LogP contribution in [0.1, 0.15) is 5.56 Å². The van der Waals surface area contributed by atoms with Crippen molar-refractivity contribution in [1.82, 2.24) is 9.80 Å². The van der Waals surface area contributed by atoms with Crippen LogP contribution in [0.3, 0.4) is 0 Å². The zero-order valence-electron chi connectivity index (χ0n) is 11.7. The third-order valence-electron chi connectivity index (χ3n) is 3.36. The number of nitrogens with one attached hydrogen (secondary N) is 1. The fourth-order valence-corrected chi connectivity index (χ4v) is 2.03. The smallest absolute Gasteiger partial charge is 0.314 e. The second-order valence-corrected chi connectivity index (χ2v) is 4.89. The number of likely N-dealkylation sites (N-methyl/N-ethyl adjacent to an activating group) is 1. The molecule has 0 bridgehead atoms. The molecule has 0 aromatic heterocycles. The maximum absolute atomic E-state index is 12.0. The highest BCUT2D eigenvalue weighted by Gasteiger charge is 2.25. The summed E-state index contributed by atoms with van der Waals surface area (Å²) in [6.07, 6.45) is 0. The Balaban J connectivity index is 2.04. The van der Waals surface area contributed by atoms with Crippen LogP contribution in [-0.2, 0) is 9.59 Å². The lowest BCUT2D eigenvalue weighted by molar-refractivity contribution is -0.144. The minimum Gasteiger partial charge on any atom is -0.506 e. The van der Waals surface area contributed by atoms with Gasteiger partial charge in [0, 0.05) is 26.2 Å². The van der Waals surface area contributed by atoms with Gasteiger partial charge in [0.25, 0.3) is 0 Å². The lowest BCUT2D eigenvalue weighted by atomic mass is 10.2. The Morgan fingerprint density at radius 1 is 1.29 bits per heavy atom. The van der Waals surface area contributed by atoms with Gasteiger partial charge < -0.3 is 20.2 Å². The van der Waals surface area contributed by atoms with Crippen molar-refractivity contribution in [3.8, 4) is 11.8 Å². The van der Waals surface area contributed by atoms with Crippen LogP contribution in [0.4, 0.5) is 5.69 Å². The molecule has 0 atom stereocenters. The zero-order chi connectivity index (χ0) is 15.4. The maximum Gasteiger partial charge on any atom is 0.314 e. The van der Waals surface area contributed by atoms with Crippen LogP contribution in [0, 0.1) is 11.3 Å². The van der Waals surface area contributed by atoms with Gasteiger partial charge >= 0.3 is 11.8 Å². The Morgan fingerprint density at radius 2 is 1.95 bits per heavy atom. The van der Waals surface area contributed by atoms with E-state index < -0.39 is 11.8 Å². The number of carbonyl (C=O) groups excluding carboxylic acids is 2. The minimum atomic E-state index is -0.815. The number of nitrogens with zero attached hydrogens (tertiary/aromatic N) is 3. The fraction of sp³-hybridized carbons (Fsp3) is 0.357. The van der Waals surface area contributed by atoms with Crippen molar-refractivity contribution in [3.63, 3.8) is 0 Å². The number of phenolic OH excluding ortho intramolecular Hbond substituents is 1. The highest BCUT2D eigenvalue weighted by Crippen LogP contribution is 2.23. The van der Waals surface area contributed by atoms with Crippen LogP contribution < -0.4 is 5.32 Å². The molecule has 21 heavy (non-hydrogen) atoms. The van der Waals surface area contributed by atoms with E-state index in [1.54, 1.807) is 0 Å². The Kier molecular flexibility index (Phi) is 4.40. The zero-order valence-corrected chi connectivity index (χ0v) is 11.7. The molecule has 2 rings (SSSR count). The molecule has 110 valence electrons. The van der Waals surface area contributed by atoms with Crippen LogP contribution >= 0.6 is 0 Å². The first kappa shape index (κ1) is 14.8. The van der Waals surface area contributed by atoms with Gasteiger partial charge in [-0.1, -0.05) is 0 Å². The Labute approximate surface area is 122 Å². The van der Waals surface area contributed by atoms with E-state index in [1.807, 2.05) is 13.1 Å². The molecule has 1 aromatic carbocycles. The molecular formula is C14H16N4O3. The van der Waals surface area contributed by atoms with Crippen molar-refractivity contribution in [2.75, 3.05) is 38.5 Å². The van der Waals surface area contributed by atoms with Crippen molar-refractivity contribution in [2.45, 2.75) is 0 Å². The van der Waals surface area contributed by atoms with Gasteiger partial charge in [0.15, 0.2) is 0 Å². The van der Waals surface area contributed by atoms with Gasteiger partial charge in [-0.15, -0.1) is 0 Å². The molecule has 0 aliphatic carbocycles. The number of benzene rings is 1. The summed E-state index contributed by atoms with van der Waals surface area (Å²) in [5.74, 6) is -1.64. The molecule has 0 unspecified atom stereocenters. The van der Waals surface area contributed by atoms with Gasteiger partial charge in [0.05, 0.1) is 17.3 Å². The Bertz CT molecular complexity index is 601. The van der Waals surface area contributed by atoms with E-state index in [4.69, 9.17) is 5.26 Å². The van der Waals surface area contributed by atoms with E-state index in [2.05, 4.69) is 10.2 Å². The second-order valence-electron chi connectivity index (χ2n) is 4.89. The van der Waals surface area contributed by atoms with Crippen LogP contribution in [0.25, 0.3) is 0 Å². The third kappa shape index (κ3) is 3.49. The Hall–Kier alpha value is -2.59. The molecule has 1 heterocycles. The number of hydrogen-bond donors (Lipinski definition) is 2. The number of rotatable bonds is 1. The highest BCUT2D eigenvalue weighted by atomic mass is 16.3. The van der Waals surface area contributed by atoms with Crippen LogP contribution in [0.5, 0.6) is 5.75 Å². The van der Waals surface area contributed by atoms with Crippen molar-refractivity contribution in [2.24, 2.45) is 0 Å². The number of amides is 2. The predicted molar refractivity (Wildman–Crippen MR) is 75.5 cm³/mol. The largest absolute Gasteiger partial charge is 0.506 e. The molecule has 1 saturated heterocycles. The number of piperazine rings is 1. The number of phenols is 1. The van der Waals surface area contributed by atoms with Crippen molar-refractivity contribution >= 4 is 17.5 Å². The number of anilines is 1. The average molecular weight is 288 g/mol. The first-order valence-corrected chi connectivity index (χ1v) is 6.53. The molecule has 1 aliphatic rings. The molecule has 2 N–H and O–H groups in total. The van der Waals surface area contributed by atoms with Crippen molar-refractivity contribution in [3.05, 3.63) is 23.8 Å². The summed E-state index contributed by atoms with van der Waals surface area (Å²) in [6, 6.07) is 5.95. The lowest BCUT2D eigenvalue weighted by Crippen LogP contribution is -2.50. The van der Waals surface area contributed by atoms with Crippen LogP contribution in [0.15, 0.2) is 18.2 Å². The summed E-state index contributed by atoms with van der Waals surface area (Å²) in [7, 11) is 1.95. The second kappa shape index (κ2) is 6.24.